The van der Waals surface area contributed by atoms with Crippen LogP contribution in [0.4, 0.5) is 10.5 Å². The van der Waals surface area contributed by atoms with Crippen LogP contribution in [0.1, 0.15) is 30.9 Å². The van der Waals surface area contributed by atoms with Crippen molar-refractivity contribution in [3.63, 3.8) is 0 Å². The number of nitrogens with one attached hydrogen (secondary N) is 1. The van der Waals surface area contributed by atoms with Gasteiger partial charge >= 0.3 is 18.0 Å². The van der Waals surface area contributed by atoms with E-state index in [1.54, 1.807) is 0 Å². The molecule has 0 bridgehead atoms. The predicted octanol–water partition coefficient (Wildman–Crippen LogP) is 1.51. The topological polar surface area (TPSA) is 156 Å². The summed E-state index contributed by atoms with van der Waals surface area (Å²) in [6.45, 7) is 4.74. The molecule has 0 aliphatic carbocycles. The second kappa shape index (κ2) is 10.8. The monoisotopic (exact) mass is 337 g/mol. The highest BCUT2D eigenvalue weighted by Crippen LogP contribution is 2.25. The fraction of sp³-hybridized carbons (Fsp3) is 0.312. The summed E-state index contributed by atoms with van der Waals surface area (Å²) in [5, 5.41) is 18.3. The smallest absolute Gasteiger partial charge is 0.328 e. The van der Waals surface area contributed by atoms with Crippen LogP contribution in [0.3, 0.4) is 0 Å². The SMILES string of the molecule is CC(C)c1ccc(CCN)cc1NC(N)=O.O=C(O)C=CC(=O)O. The Bertz CT molecular complexity index is 596. The van der Waals surface area contributed by atoms with E-state index in [4.69, 9.17) is 21.7 Å². The first kappa shape index (κ1) is 21.1. The first-order valence-electron chi connectivity index (χ1n) is 7.20. The first-order valence-corrected chi connectivity index (χ1v) is 7.20. The molecular formula is C16H23N3O5. The van der Waals surface area contributed by atoms with E-state index in [0.717, 1.165) is 23.2 Å². The normalized spacial score (nSPS) is 10.2. The lowest BCUT2D eigenvalue weighted by Crippen LogP contribution is -2.20. The number of rotatable bonds is 6. The summed E-state index contributed by atoms with van der Waals surface area (Å²) in [6, 6.07) is 5.45. The molecule has 0 aromatic heterocycles. The molecule has 1 rings (SSSR count). The lowest BCUT2D eigenvalue weighted by molar-refractivity contribution is -0.134. The van der Waals surface area contributed by atoms with Crippen molar-refractivity contribution in [2.24, 2.45) is 11.5 Å². The zero-order valence-corrected chi connectivity index (χ0v) is 13.7. The van der Waals surface area contributed by atoms with Gasteiger partial charge in [-0.1, -0.05) is 26.0 Å². The van der Waals surface area contributed by atoms with E-state index in [-0.39, 0.29) is 0 Å². The van der Waals surface area contributed by atoms with Crippen LogP contribution in [0.5, 0.6) is 0 Å². The minimum Gasteiger partial charge on any atom is -0.478 e. The number of nitrogens with two attached hydrogens (primary N) is 2. The summed E-state index contributed by atoms with van der Waals surface area (Å²) in [5.41, 5.74) is 13.6. The van der Waals surface area contributed by atoms with Gasteiger partial charge in [0.15, 0.2) is 0 Å². The fourth-order valence-corrected chi connectivity index (χ4v) is 1.81. The van der Waals surface area contributed by atoms with Crippen molar-refractivity contribution in [1.29, 1.82) is 0 Å². The van der Waals surface area contributed by atoms with Crippen LogP contribution in [-0.2, 0) is 16.0 Å². The molecule has 2 amide bonds. The number of hydrogen-bond acceptors (Lipinski definition) is 4. The Morgan fingerprint density at radius 2 is 1.71 bits per heavy atom. The van der Waals surface area contributed by atoms with Gasteiger partial charge in [0, 0.05) is 17.8 Å². The molecule has 1 aromatic rings. The van der Waals surface area contributed by atoms with E-state index in [1.807, 2.05) is 18.2 Å². The van der Waals surface area contributed by atoms with Gasteiger partial charge in [-0.2, -0.15) is 0 Å². The van der Waals surface area contributed by atoms with Gasteiger partial charge < -0.3 is 27.0 Å². The van der Waals surface area contributed by atoms with Crippen molar-refractivity contribution >= 4 is 23.7 Å². The van der Waals surface area contributed by atoms with Crippen LogP contribution >= 0.6 is 0 Å². The average Bonchev–Trinajstić information content (AvgIpc) is 2.45. The molecule has 0 saturated carbocycles. The molecule has 0 atom stereocenters. The van der Waals surface area contributed by atoms with Gasteiger partial charge in [0.1, 0.15) is 0 Å². The number of hydrogen-bond donors (Lipinski definition) is 5. The summed E-state index contributed by atoms with van der Waals surface area (Å²) >= 11 is 0. The number of benzene rings is 1. The van der Waals surface area contributed by atoms with Crippen molar-refractivity contribution in [2.75, 3.05) is 11.9 Å². The number of aliphatic carboxylic acids is 2. The highest BCUT2D eigenvalue weighted by Gasteiger charge is 2.08. The highest BCUT2D eigenvalue weighted by atomic mass is 16.4. The lowest BCUT2D eigenvalue weighted by atomic mass is 9.98. The predicted molar refractivity (Wildman–Crippen MR) is 90.9 cm³/mol. The van der Waals surface area contributed by atoms with Gasteiger partial charge in [0.2, 0.25) is 0 Å². The maximum absolute atomic E-state index is 10.9. The van der Waals surface area contributed by atoms with Crippen LogP contribution in [0.25, 0.3) is 0 Å². The molecule has 0 aliphatic rings. The molecule has 0 unspecified atom stereocenters. The molecule has 0 aliphatic heterocycles. The minimum absolute atomic E-state index is 0.341. The Hall–Kier alpha value is -2.87. The van der Waals surface area contributed by atoms with Crippen molar-refractivity contribution < 1.29 is 24.6 Å². The quantitative estimate of drug-likeness (QED) is 0.495. The maximum Gasteiger partial charge on any atom is 0.328 e. The van der Waals surface area contributed by atoms with Gasteiger partial charge in [-0.05, 0) is 36.1 Å². The van der Waals surface area contributed by atoms with Crippen molar-refractivity contribution in [3.8, 4) is 0 Å². The van der Waals surface area contributed by atoms with E-state index < -0.39 is 18.0 Å². The number of carboxylic acid groups (broad SMARTS) is 2. The Balaban J connectivity index is 0.000000561. The summed E-state index contributed by atoms with van der Waals surface area (Å²) in [7, 11) is 0. The van der Waals surface area contributed by atoms with Gasteiger partial charge in [0.25, 0.3) is 0 Å². The van der Waals surface area contributed by atoms with E-state index in [1.165, 1.54) is 0 Å². The summed E-state index contributed by atoms with van der Waals surface area (Å²) in [6.07, 6.45) is 1.91. The zero-order chi connectivity index (χ0) is 18.7. The molecule has 8 nitrogen and oxygen atoms in total. The summed E-state index contributed by atoms with van der Waals surface area (Å²) in [4.78, 5) is 30.0. The molecule has 8 heteroatoms. The molecule has 0 spiro atoms. The second-order valence-electron chi connectivity index (χ2n) is 5.11. The third-order valence-electron chi connectivity index (χ3n) is 2.80. The molecule has 0 radical (unpaired) electrons. The van der Waals surface area contributed by atoms with E-state index in [9.17, 15) is 14.4 Å². The molecule has 7 N–H and O–H groups in total. The van der Waals surface area contributed by atoms with Gasteiger partial charge in [-0.25, -0.2) is 14.4 Å². The fourth-order valence-electron chi connectivity index (χ4n) is 1.81. The standard InChI is InChI=1S/C12H19N3O.C4H4O4/c1-8(2)10-4-3-9(5-6-13)7-11(10)15-12(14)16;5-3(6)1-2-4(7)8/h3-4,7-8H,5-6,13H2,1-2H3,(H3,14,15,16);1-2H,(H,5,6)(H,7,8). The molecular weight excluding hydrogens is 314 g/mol. The molecule has 24 heavy (non-hydrogen) atoms. The van der Waals surface area contributed by atoms with Crippen LogP contribution in [0, 0.1) is 0 Å². The molecule has 0 heterocycles. The zero-order valence-electron chi connectivity index (χ0n) is 13.7. The average molecular weight is 337 g/mol. The number of carbonyl (C=O) groups is 3. The highest BCUT2D eigenvalue weighted by molar-refractivity contribution is 5.89. The molecule has 0 saturated heterocycles. The van der Waals surface area contributed by atoms with E-state index >= 15 is 0 Å². The van der Waals surface area contributed by atoms with Gasteiger partial charge in [0.05, 0.1) is 0 Å². The van der Waals surface area contributed by atoms with Crippen molar-refractivity contribution in [1.82, 2.24) is 0 Å². The molecule has 132 valence electrons. The Morgan fingerprint density at radius 3 is 2.08 bits per heavy atom. The van der Waals surface area contributed by atoms with Crippen molar-refractivity contribution in [2.45, 2.75) is 26.2 Å². The maximum atomic E-state index is 10.9. The van der Waals surface area contributed by atoms with Gasteiger partial charge in [-0.3, -0.25) is 0 Å². The Kier molecular flexibility index (Phi) is 9.50. The number of amides is 2. The van der Waals surface area contributed by atoms with E-state index in [0.29, 0.717) is 24.6 Å². The number of carboxylic acids is 2. The lowest BCUT2D eigenvalue weighted by Gasteiger charge is -2.14. The number of primary amides is 1. The largest absolute Gasteiger partial charge is 0.478 e. The van der Waals surface area contributed by atoms with Crippen LogP contribution in [-0.4, -0.2) is 34.7 Å². The third kappa shape index (κ3) is 9.21. The number of urea groups is 1. The van der Waals surface area contributed by atoms with Crippen LogP contribution in [0.15, 0.2) is 30.4 Å². The summed E-state index contributed by atoms with van der Waals surface area (Å²) in [5.74, 6) is -2.17. The Morgan fingerprint density at radius 1 is 1.17 bits per heavy atom. The van der Waals surface area contributed by atoms with Gasteiger partial charge in [-0.15, -0.1) is 0 Å². The van der Waals surface area contributed by atoms with Crippen molar-refractivity contribution in [3.05, 3.63) is 41.5 Å². The first-order chi connectivity index (χ1) is 11.2. The minimum atomic E-state index is -1.26. The van der Waals surface area contributed by atoms with E-state index in [2.05, 4.69) is 19.2 Å². The van der Waals surface area contributed by atoms with Crippen LogP contribution in [0.2, 0.25) is 0 Å². The Labute approximate surface area is 140 Å². The number of carbonyl (C=O) groups excluding carboxylic acids is 1. The molecule has 1 aromatic carbocycles. The third-order valence-corrected chi connectivity index (χ3v) is 2.80. The molecule has 0 fully saturated rings. The summed E-state index contributed by atoms with van der Waals surface area (Å²) < 4.78 is 0. The van der Waals surface area contributed by atoms with Crippen LogP contribution < -0.4 is 16.8 Å². The second-order valence-corrected chi connectivity index (χ2v) is 5.11. The number of anilines is 1.